The Morgan fingerprint density at radius 3 is 1.43 bits per heavy atom. The lowest BCUT2D eigenvalue weighted by molar-refractivity contribution is -2.00. The van der Waals surface area contributed by atoms with E-state index in [9.17, 15) is 0 Å². The molecule has 1 heterocycles. The highest BCUT2D eigenvalue weighted by Crippen LogP contribution is 2.47. The molecule has 0 aliphatic rings. The van der Waals surface area contributed by atoms with E-state index in [4.69, 9.17) is 18.6 Å². The van der Waals surface area contributed by atoms with Crippen LogP contribution in [-0.2, 0) is 0 Å². The third kappa shape index (κ3) is 5.92. The maximum atomic E-state index is 8.49. The molecule has 142 valence electrons. The highest BCUT2D eigenvalue weighted by Gasteiger charge is 2.26. The molecular formula is C21H15ClO4S2. The summed E-state index contributed by atoms with van der Waals surface area (Å²) in [5, 5.41) is 0. The van der Waals surface area contributed by atoms with Crippen molar-refractivity contribution in [2.45, 2.75) is 0 Å². The van der Waals surface area contributed by atoms with Crippen molar-refractivity contribution in [1.29, 1.82) is 0 Å². The van der Waals surface area contributed by atoms with Crippen LogP contribution in [0.2, 0.25) is 0 Å². The molecule has 4 aromatic rings. The van der Waals surface area contributed by atoms with E-state index in [0.29, 0.717) is 0 Å². The van der Waals surface area contributed by atoms with Crippen molar-refractivity contribution in [3.05, 3.63) is 91.0 Å². The van der Waals surface area contributed by atoms with Gasteiger partial charge in [-0.2, -0.15) is 0 Å². The molecule has 0 spiro atoms. The van der Waals surface area contributed by atoms with Gasteiger partial charge < -0.3 is 0 Å². The Hall–Kier alpha value is -2.16. The minimum atomic E-state index is -4.94. The minimum Gasteiger partial charge on any atom is -0.222 e. The second kappa shape index (κ2) is 9.36. The van der Waals surface area contributed by atoms with Crippen LogP contribution in [-0.4, -0.2) is 0 Å². The SMILES string of the molecule is [O-][Cl+3]([O-])([O-])[O-].c1ccc(-c2sc(-c3ccccc3)c(-c3ccccc3)[s+]2)cc1. The molecule has 0 radical (unpaired) electrons. The van der Waals surface area contributed by atoms with Gasteiger partial charge in [-0.1, -0.05) is 78.9 Å². The minimum absolute atomic E-state index is 1.29. The molecule has 0 unspecified atom stereocenters. The molecule has 28 heavy (non-hydrogen) atoms. The molecule has 0 bridgehead atoms. The molecule has 0 saturated heterocycles. The second-order valence-corrected chi connectivity index (χ2v) is 8.68. The van der Waals surface area contributed by atoms with E-state index in [1.54, 1.807) is 0 Å². The zero-order chi connectivity index (χ0) is 20.0. The van der Waals surface area contributed by atoms with E-state index in [0.717, 1.165) is 0 Å². The van der Waals surface area contributed by atoms with Crippen molar-refractivity contribution in [2.24, 2.45) is 0 Å². The van der Waals surface area contributed by atoms with Crippen molar-refractivity contribution in [2.75, 3.05) is 0 Å². The predicted molar refractivity (Wildman–Crippen MR) is 103 cm³/mol. The average molecular weight is 431 g/mol. The predicted octanol–water partition coefficient (Wildman–Crippen LogP) is 2.34. The number of hydrogen-bond acceptors (Lipinski definition) is 5. The summed E-state index contributed by atoms with van der Waals surface area (Å²) < 4.78 is 35.3. The van der Waals surface area contributed by atoms with Crippen LogP contribution in [0.1, 0.15) is 0 Å². The van der Waals surface area contributed by atoms with E-state index >= 15 is 0 Å². The number of halogens is 1. The Morgan fingerprint density at radius 2 is 0.964 bits per heavy atom. The topological polar surface area (TPSA) is 92.2 Å². The van der Waals surface area contributed by atoms with Crippen LogP contribution < -0.4 is 18.6 Å². The van der Waals surface area contributed by atoms with Gasteiger partial charge in [0, 0.05) is 16.7 Å². The van der Waals surface area contributed by atoms with Crippen LogP contribution in [0.3, 0.4) is 0 Å². The molecule has 4 nitrogen and oxygen atoms in total. The van der Waals surface area contributed by atoms with Gasteiger partial charge in [0.25, 0.3) is 4.19 Å². The summed E-state index contributed by atoms with van der Waals surface area (Å²) in [4.78, 5) is 2.70. The molecule has 0 N–H and O–H groups in total. The summed E-state index contributed by atoms with van der Waals surface area (Å²) in [6.45, 7) is 0. The van der Waals surface area contributed by atoms with Gasteiger partial charge in [0.2, 0.25) is 0 Å². The van der Waals surface area contributed by atoms with E-state index in [-0.39, 0.29) is 0 Å². The molecule has 0 fully saturated rings. The zero-order valence-corrected chi connectivity index (χ0v) is 16.9. The van der Waals surface area contributed by atoms with E-state index in [2.05, 4.69) is 91.0 Å². The first-order valence-electron chi connectivity index (χ1n) is 8.17. The molecule has 1 aromatic heterocycles. The van der Waals surface area contributed by atoms with Crippen molar-refractivity contribution >= 4 is 22.7 Å². The van der Waals surface area contributed by atoms with Crippen LogP contribution in [0.25, 0.3) is 30.6 Å². The first-order valence-corrected chi connectivity index (χ1v) is 11.0. The maximum Gasteiger partial charge on any atom is 0.286 e. The van der Waals surface area contributed by atoms with Gasteiger partial charge in [-0.05, 0) is 12.1 Å². The number of rotatable bonds is 3. The third-order valence-electron chi connectivity index (χ3n) is 3.68. The van der Waals surface area contributed by atoms with Crippen molar-refractivity contribution in [3.63, 3.8) is 0 Å². The largest absolute Gasteiger partial charge is 0.286 e. The third-order valence-corrected chi connectivity index (χ3v) is 6.44. The molecule has 7 heteroatoms. The Bertz CT molecular complexity index is 938. The highest BCUT2D eigenvalue weighted by molar-refractivity contribution is 7.40. The van der Waals surface area contributed by atoms with Crippen LogP contribution in [0.5, 0.6) is 0 Å². The second-order valence-electron chi connectivity index (χ2n) is 5.63. The number of benzene rings is 3. The van der Waals surface area contributed by atoms with E-state index < -0.39 is 10.2 Å². The van der Waals surface area contributed by atoms with E-state index in [1.807, 2.05) is 22.7 Å². The maximum absolute atomic E-state index is 8.49. The lowest BCUT2D eigenvalue weighted by Gasteiger charge is -2.17. The van der Waals surface area contributed by atoms with E-state index in [1.165, 1.54) is 30.6 Å². The van der Waals surface area contributed by atoms with Crippen molar-refractivity contribution in [3.8, 4) is 30.6 Å². The Labute approximate surface area is 173 Å². The monoisotopic (exact) mass is 430 g/mol. The van der Waals surface area contributed by atoms with Crippen molar-refractivity contribution in [1.82, 2.24) is 0 Å². The van der Waals surface area contributed by atoms with Gasteiger partial charge in [-0.3, -0.25) is 0 Å². The van der Waals surface area contributed by atoms with Gasteiger partial charge in [0.15, 0.2) is 9.75 Å². The fourth-order valence-corrected chi connectivity index (χ4v) is 5.27. The van der Waals surface area contributed by atoms with Crippen LogP contribution in [0, 0.1) is 10.2 Å². The molecule has 0 aliphatic heterocycles. The smallest absolute Gasteiger partial charge is 0.222 e. The summed E-state index contributed by atoms with van der Waals surface area (Å²) in [6, 6.07) is 32.0. The molecule has 0 aliphatic carbocycles. The quantitative estimate of drug-likeness (QED) is 0.466. The fraction of sp³-hybridized carbons (Fsp3) is 0. The molecule has 3 aromatic carbocycles. The van der Waals surface area contributed by atoms with Gasteiger partial charge in [0.05, 0.1) is 22.7 Å². The lowest BCUT2D eigenvalue weighted by atomic mass is 10.1. The summed E-state index contributed by atoms with van der Waals surface area (Å²) in [5.41, 5.74) is 3.87. The summed E-state index contributed by atoms with van der Waals surface area (Å²) in [7, 11) is -4.94. The van der Waals surface area contributed by atoms with Gasteiger partial charge in [-0.25, -0.2) is 18.6 Å². The van der Waals surface area contributed by atoms with Gasteiger partial charge >= 0.3 is 0 Å². The van der Waals surface area contributed by atoms with Crippen LogP contribution in [0.15, 0.2) is 91.0 Å². The summed E-state index contributed by atoms with van der Waals surface area (Å²) in [6.07, 6.45) is 0. The lowest BCUT2D eigenvalue weighted by Crippen LogP contribution is -2.68. The normalized spacial score (nSPS) is 10.9. The molecule has 0 amide bonds. The summed E-state index contributed by atoms with van der Waals surface area (Å²) in [5.74, 6) is 0. The Kier molecular flexibility index (Phi) is 6.88. The first kappa shape index (κ1) is 20.6. The molecule has 0 saturated carbocycles. The number of hydrogen-bond donors (Lipinski definition) is 0. The van der Waals surface area contributed by atoms with Crippen LogP contribution in [0.4, 0.5) is 0 Å². The van der Waals surface area contributed by atoms with Crippen molar-refractivity contribution < 1.29 is 28.9 Å². The van der Waals surface area contributed by atoms with Gasteiger partial charge in [-0.15, -0.1) is 10.2 Å². The fourth-order valence-electron chi connectivity index (χ4n) is 2.55. The highest BCUT2D eigenvalue weighted by atomic mass is 35.7. The summed E-state index contributed by atoms with van der Waals surface area (Å²) >= 11 is 3.76. The Morgan fingerprint density at radius 1 is 0.571 bits per heavy atom. The molecule has 4 rings (SSSR count). The molecular weight excluding hydrogens is 416 g/mol. The van der Waals surface area contributed by atoms with Crippen LogP contribution >= 0.6 is 22.7 Å². The average Bonchev–Trinajstić information content (AvgIpc) is 3.14. The van der Waals surface area contributed by atoms with Gasteiger partial charge in [0.1, 0.15) is 0 Å². The zero-order valence-electron chi connectivity index (χ0n) is 14.5. The Balaban J connectivity index is 0.000000403. The standard InChI is InChI=1S/C21H15S2.ClHO4/c1-4-10-16(11-5-1)19-20(17-12-6-2-7-13-17)23-21(22-19)18-14-8-3-9-15-18;2-1(3,4)5/h1-15H;(H,2,3,4,5)/q+1;/p-1. The first-order chi connectivity index (χ1) is 13.4. The molecule has 0 atom stereocenters.